The van der Waals surface area contributed by atoms with E-state index in [4.69, 9.17) is 22.9 Å². The highest BCUT2D eigenvalue weighted by atomic mass is 16.1. The first-order valence-electron chi connectivity index (χ1n) is 7.78. The number of hydrogen-bond acceptors (Lipinski definition) is 6. The molecule has 1 aliphatic carbocycles. The largest absolute Gasteiger partial charge is 0.326 e. The van der Waals surface area contributed by atoms with Crippen molar-refractivity contribution in [3.05, 3.63) is 68.8 Å². The third kappa shape index (κ3) is 2.20. The second kappa shape index (κ2) is 6.26. The van der Waals surface area contributed by atoms with E-state index in [2.05, 4.69) is 0 Å². The molecule has 0 bridgehead atoms. The van der Waals surface area contributed by atoms with E-state index < -0.39 is 0 Å². The molecule has 0 aromatic heterocycles. The maximum Gasteiger partial charge on any atom is 0.195 e. The molecule has 2 aromatic rings. The van der Waals surface area contributed by atoms with Crippen LogP contribution in [-0.4, -0.2) is 11.6 Å². The lowest BCUT2D eigenvalue weighted by Crippen LogP contribution is -2.29. The molecule has 124 valence electrons. The second-order valence-corrected chi connectivity index (χ2v) is 5.74. The van der Waals surface area contributed by atoms with Crippen molar-refractivity contribution in [1.29, 1.82) is 0 Å². The summed E-state index contributed by atoms with van der Waals surface area (Å²) in [4.78, 5) is 26.4. The lowest BCUT2D eigenvalue weighted by atomic mass is 9.76. The summed E-state index contributed by atoms with van der Waals surface area (Å²) in [7, 11) is 0. The van der Waals surface area contributed by atoms with Crippen molar-refractivity contribution < 1.29 is 9.59 Å². The Morgan fingerprint density at radius 1 is 0.500 bits per heavy atom. The van der Waals surface area contributed by atoms with Crippen molar-refractivity contribution in [2.24, 2.45) is 22.9 Å². The Balaban J connectivity index is 2.42. The van der Waals surface area contributed by atoms with Gasteiger partial charge in [-0.25, -0.2) is 0 Å². The van der Waals surface area contributed by atoms with Crippen molar-refractivity contribution in [3.63, 3.8) is 0 Å². The number of benzene rings is 2. The Bertz CT molecular complexity index is 721. The smallest absolute Gasteiger partial charge is 0.195 e. The van der Waals surface area contributed by atoms with Gasteiger partial charge < -0.3 is 22.9 Å². The van der Waals surface area contributed by atoms with Crippen LogP contribution in [-0.2, 0) is 26.2 Å². The van der Waals surface area contributed by atoms with E-state index in [-0.39, 0.29) is 37.7 Å². The van der Waals surface area contributed by atoms with Crippen LogP contribution < -0.4 is 22.9 Å². The van der Waals surface area contributed by atoms with Gasteiger partial charge in [-0.15, -0.1) is 0 Å². The third-order valence-electron chi connectivity index (χ3n) is 4.54. The first-order valence-corrected chi connectivity index (χ1v) is 7.78. The molecule has 0 saturated carbocycles. The quantitative estimate of drug-likeness (QED) is 0.544. The molecule has 0 heterocycles. The topological polar surface area (TPSA) is 138 Å². The van der Waals surface area contributed by atoms with Gasteiger partial charge in [-0.1, -0.05) is 24.3 Å². The highest BCUT2D eigenvalue weighted by molar-refractivity contribution is 6.30. The first-order chi connectivity index (χ1) is 11.6. The standard InChI is InChI=1S/C18H20N4O2/c19-5-9-1-2-10(6-20)14-13(9)17(23)15-11(7-21)3-4-12(8-22)16(15)18(14)24/h1-4H,5-8,19-22H2. The minimum atomic E-state index is -0.230. The van der Waals surface area contributed by atoms with Crippen LogP contribution in [0.15, 0.2) is 24.3 Å². The van der Waals surface area contributed by atoms with Gasteiger partial charge in [-0.3, -0.25) is 9.59 Å². The van der Waals surface area contributed by atoms with E-state index >= 15 is 0 Å². The maximum atomic E-state index is 13.2. The molecule has 8 N–H and O–H groups in total. The van der Waals surface area contributed by atoms with Crippen molar-refractivity contribution in [2.45, 2.75) is 26.2 Å². The second-order valence-electron chi connectivity index (χ2n) is 5.74. The summed E-state index contributed by atoms with van der Waals surface area (Å²) in [6, 6.07) is 7.02. The predicted molar refractivity (Wildman–Crippen MR) is 91.3 cm³/mol. The van der Waals surface area contributed by atoms with E-state index in [0.29, 0.717) is 44.5 Å². The number of hydrogen-bond donors (Lipinski definition) is 4. The highest BCUT2D eigenvalue weighted by Crippen LogP contribution is 2.35. The van der Waals surface area contributed by atoms with Gasteiger partial charge in [0.2, 0.25) is 0 Å². The monoisotopic (exact) mass is 324 g/mol. The summed E-state index contributed by atoms with van der Waals surface area (Å²) in [5, 5.41) is 0. The Hall–Kier alpha value is -2.38. The maximum absolute atomic E-state index is 13.2. The molecule has 6 heteroatoms. The molecule has 3 rings (SSSR count). The van der Waals surface area contributed by atoms with E-state index in [1.807, 2.05) is 0 Å². The normalized spacial score (nSPS) is 13.0. The number of carbonyl (C=O) groups excluding carboxylic acids is 2. The summed E-state index contributed by atoms with van der Waals surface area (Å²) < 4.78 is 0. The summed E-state index contributed by atoms with van der Waals surface area (Å²) in [6.07, 6.45) is 0. The van der Waals surface area contributed by atoms with Gasteiger partial charge in [0.15, 0.2) is 11.6 Å². The summed E-state index contributed by atoms with van der Waals surface area (Å²) in [5.74, 6) is -0.461. The third-order valence-corrected chi connectivity index (χ3v) is 4.54. The molecular weight excluding hydrogens is 304 g/mol. The Morgan fingerprint density at radius 3 is 0.875 bits per heavy atom. The summed E-state index contributed by atoms with van der Waals surface area (Å²) >= 11 is 0. The lowest BCUT2D eigenvalue weighted by Gasteiger charge is -2.25. The molecule has 0 atom stereocenters. The molecule has 2 aromatic carbocycles. The fraction of sp³-hybridized carbons (Fsp3) is 0.222. The number of carbonyl (C=O) groups is 2. The average Bonchev–Trinajstić information content (AvgIpc) is 2.63. The van der Waals surface area contributed by atoms with Crippen LogP contribution in [0.2, 0.25) is 0 Å². The molecular formula is C18H20N4O2. The van der Waals surface area contributed by atoms with Crippen molar-refractivity contribution >= 4 is 11.6 Å². The van der Waals surface area contributed by atoms with Gasteiger partial charge >= 0.3 is 0 Å². The Labute approximate surface area is 139 Å². The van der Waals surface area contributed by atoms with Crippen LogP contribution in [0.3, 0.4) is 0 Å². The number of fused-ring (bicyclic) bond motifs is 2. The number of rotatable bonds is 4. The molecule has 0 saturated heterocycles. The molecule has 0 fully saturated rings. The molecule has 0 spiro atoms. The first kappa shape index (κ1) is 16.5. The molecule has 0 radical (unpaired) electrons. The minimum Gasteiger partial charge on any atom is -0.326 e. The van der Waals surface area contributed by atoms with E-state index in [9.17, 15) is 9.59 Å². The molecule has 0 amide bonds. The zero-order valence-corrected chi connectivity index (χ0v) is 13.3. The van der Waals surface area contributed by atoms with Gasteiger partial charge in [-0.2, -0.15) is 0 Å². The van der Waals surface area contributed by atoms with Crippen molar-refractivity contribution in [3.8, 4) is 0 Å². The highest BCUT2D eigenvalue weighted by Gasteiger charge is 2.36. The SMILES string of the molecule is NCc1ccc(CN)c2c1C(=O)c1c(CN)ccc(CN)c1C2=O. The van der Waals surface area contributed by atoms with Crippen LogP contribution in [0, 0.1) is 0 Å². The Kier molecular flexibility index (Phi) is 4.29. The van der Waals surface area contributed by atoms with E-state index in [1.54, 1.807) is 24.3 Å². The molecule has 1 aliphatic rings. The predicted octanol–water partition coefficient (Wildman–Crippen LogP) is 0.297. The van der Waals surface area contributed by atoms with Gasteiger partial charge in [-0.05, 0) is 22.3 Å². The van der Waals surface area contributed by atoms with E-state index in [0.717, 1.165) is 0 Å². The van der Waals surface area contributed by atoms with Crippen LogP contribution >= 0.6 is 0 Å². The summed E-state index contributed by atoms with van der Waals surface area (Å²) in [6.45, 7) is 0.651. The van der Waals surface area contributed by atoms with Crippen LogP contribution in [0.1, 0.15) is 54.1 Å². The van der Waals surface area contributed by atoms with Crippen LogP contribution in [0.4, 0.5) is 0 Å². The Morgan fingerprint density at radius 2 is 0.708 bits per heavy atom. The van der Waals surface area contributed by atoms with Crippen molar-refractivity contribution in [2.75, 3.05) is 0 Å². The number of ketones is 2. The fourth-order valence-electron chi connectivity index (χ4n) is 3.35. The van der Waals surface area contributed by atoms with Gasteiger partial charge in [0, 0.05) is 48.4 Å². The lowest BCUT2D eigenvalue weighted by molar-refractivity contribution is 0.0976. The number of nitrogens with two attached hydrogens (primary N) is 4. The van der Waals surface area contributed by atoms with E-state index in [1.165, 1.54) is 0 Å². The molecule has 24 heavy (non-hydrogen) atoms. The summed E-state index contributed by atoms with van der Waals surface area (Å²) in [5.41, 5.74) is 27.0. The fourth-order valence-corrected chi connectivity index (χ4v) is 3.35. The van der Waals surface area contributed by atoms with Gasteiger partial charge in [0.05, 0.1) is 0 Å². The zero-order chi connectivity index (χ0) is 17.4. The molecule has 0 aliphatic heterocycles. The van der Waals surface area contributed by atoms with Crippen LogP contribution in [0.25, 0.3) is 0 Å². The average molecular weight is 324 g/mol. The van der Waals surface area contributed by atoms with Crippen LogP contribution in [0.5, 0.6) is 0 Å². The zero-order valence-electron chi connectivity index (χ0n) is 13.3. The minimum absolute atomic E-state index is 0.163. The van der Waals surface area contributed by atoms with Gasteiger partial charge in [0.1, 0.15) is 0 Å². The molecule has 0 unspecified atom stereocenters. The molecule has 6 nitrogen and oxygen atoms in total. The van der Waals surface area contributed by atoms with Gasteiger partial charge in [0.25, 0.3) is 0 Å². The van der Waals surface area contributed by atoms with Crippen molar-refractivity contribution in [1.82, 2.24) is 0 Å².